The van der Waals surface area contributed by atoms with E-state index in [1.165, 1.54) is 19.4 Å². The average molecular weight is 566 g/mol. The molecule has 4 heterocycles. The first kappa shape index (κ1) is 17.2. The summed E-state index contributed by atoms with van der Waals surface area (Å²) in [4.78, 5) is 9.73. The molecule has 2 aromatic carbocycles. The van der Waals surface area contributed by atoms with Gasteiger partial charge in [0.25, 0.3) is 0 Å². The Labute approximate surface area is 178 Å². The molecule has 5 nitrogen and oxygen atoms in total. The van der Waals surface area contributed by atoms with Crippen molar-refractivity contribution in [2.75, 3.05) is 0 Å². The molecule has 0 amide bonds. The van der Waals surface area contributed by atoms with Crippen LogP contribution in [-0.4, -0.2) is 33.6 Å². The van der Waals surface area contributed by atoms with Crippen molar-refractivity contribution in [1.82, 2.24) is 19.6 Å². The molecule has 0 saturated heterocycles. The van der Waals surface area contributed by atoms with Crippen LogP contribution in [0.25, 0.3) is 0 Å². The quantitative estimate of drug-likeness (QED) is 0.485. The van der Waals surface area contributed by atoms with E-state index < -0.39 is 0 Å². The summed E-state index contributed by atoms with van der Waals surface area (Å²) in [5.41, 5.74) is 2.39. The van der Waals surface area contributed by atoms with Gasteiger partial charge in [0.2, 0.25) is 0 Å². The number of nitrogens with zero attached hydrogens (tertiary/aromatic N) is 4. The second-order valence-corrected chi connectivity index (χ2v) is 10.6. The average Bonchev–Trinajstić information content (AvgIpc) is 3.28. The minimum absolute atomic E-state index is 0.122. The summed E-state index contributed by atoms with van der Waals surface area (Å²) in [7, 11) is 0. The second-order valence-electron chi connectivity index (χ2n) is 8.05. The van der Waals surface area contributed by atoms with Crippen molar-refractivity contribution >= 4 is 8.29 Å². The van der Waals surface area contributed by atoms with E-state index in [0.29, 0.717) is 0 Å². The van der Waals surface area contributed by atoms with Gasteiger partial charge in [-0.25, -0.2) is 0 Å². The fraction of sp³-hybridized carbons (Fsp3) is 0.217. The van der Waals surface area contributed by atoms with Gasteiger partial charge >= 0.3 is 179 Å². The number of benzene rings is 2. The first-order valence-corrected chi connectivity index (χ1v) is 12.0. The Morgan fingerprint density at radius 3 is 1.79 bits per heavy atom. The zero-order chi connectivity index (χ0) is 19.6. The van der Waals surface area contributed by atoms with Crippen molar-refractivity contribution in [1.29, 1.82) is 0 Å². The van der Waals surface area contributed by atoms with Crippen LogP contribution in [0.5, 0.6) is 11.5 Å². The van der Waals surface area contributed by atoms with Crippen molar-refractivity contribution in [2.24, 2.45) is 0 Å². The Bertz CT molecular complexity index is 1060. The third-order valence-corrected chi connectivity index (χ3v) is 9.07. The van der Waals surface area contributed by atoms with Crippen LogP contribution in [0, 0.1) is 0 Å². The van der Waals surface area contributed by atoms with Gasteiger partial charge in [0.15, 0.2) is 0 Å². The van der Waals surface area contributed by atoms with Crippen molar-refractivity contribution in [2.45, 2.75) is 32.6 Å². The van der Waals surface area contributed by atoms with Crippen LogP contribution in [0.1, 0.15) is 25.0 Å². The van der Waals surface area contributed by atoms with Crippen LogP contribution < -0.4 is 4.74 Å². The van der Waals surface area contributed by atoms with Gasteiger partial charge in [-0.3, -0.25) is 0 Å². The molecule has 0 fully saturated rings. The molecule has 0 aliphatic carbocycles. The predicted octanol–water partition coefficient (Wildman–Crippen LogP) is 3.68. The first-order chi connectivity index (χ1) is 14.1. The summed E-state index contributed by atoms with van der Waals surface area (Å²) in [6.07, 6.45) is 8.94. The van der Waals surface area contributed by atoms with Gasteiger partial charge < -0.3 is 0 Å². The van der Waals surface area contributed by atoms with Gasteiger partial charge in [0.05, 0.1) is 0 Å². The molecule has 0 saturated carbocycles. The summed E-state index contributed by atoms with van der Waals surface area (Å²) in [6.45, 7) is 6.32. The van der Waals surface area contributed by atoms with Gasteiger partial charge in [-0.1, -0.05) is 0 Å². The molecular formula is C23H22N4OPt. The Morgan fingerprint density at radius 1 is 0.759 bits per heavy atom. The van der Waals surface area contributed by atoms with E-state index in [1.54, 1.807) is 0 Å². The summed E-state index contributed by atoms with van der Waals surface area (Å²) < 4.78 is 9.06. The van der Waals surface area contributed by atoms with Gasteiger partial charge in [-0.15, -0.1) is 0 Å². The zero-order valence-corrected chi connectivity index (χ0v) is 18.6. The van der Waals surface area contributed by atoms with Crippen molar-refractivity contribution in [3.63, 3.8) is 0 Å². The summed E-state index contributed by atoms with van der Waals surface area (Å²) in [5, 5.41) is 0. The molecule has 6 heteroatoms. The van der Waals surface area contributed by atoms with Crippen LogP contribution in [0.3, 0.4) is 0 Å². The monoisotopic (exact) mass is 565 g/mol. The van der Waals surface area contributed by atoms with Crippen LogP contribution >= 0.6 is 0 Å². The molecule has 0 atom stereocenters. The number of fused-ring (bicyclic) bond motifs is 4. The van der Waals surface area contributed by atoms with Gasteiger partial charge in [0.1, 0.15) is 0 Å². The molecule has 0 N–H and O–H groups in total. The molecule has 0 unspecified atom stereocenters. The summed E-state index contributed by atoms with van der Waals surface area (Å²) in [5.74, 6) is 1.78. The van der Waals surface area contributed by atoms with Gasteiger partial charge in [-0.2, -0.15) is 0 Å². The van der Waals surface area contributed by atoms with Crippen molar-refractivity contribution in [3.05, 3.63) is 84.5 Å². The van der Waals surface area contributed by atoms with Crippen LogP contribution in [0.15, 0.2) is 73.3 Å². The maximum atomic E-state index is 6.19. The number of hydrogen-bond donors (Lipinski definition) is 0. The number of hydrogen-bond acceptors (Lipinski definition) is 5. The molecular weight excluding hydrogens is 543 g/mol. The van der Waals surface area contributed by atoms with E-state index in [2.05, 4.69) is 94.6 Å². The molecule has 2 aromatic rings. The van der Waals surface area contributed by atoms with Crippen LogP contribution in [0.2, 0.25) is 0 Å². The van der Waals surface area contributed by atoms with Gasteiger partial charge in [0, 0.05) is 0 Å². The van der Waals surface area contributed by atoms with Crippen molar-refractivity contribution in [3.8, 4) is 11.5 Å². The van der Waals surface area contributed by atoms with E-state index in [9.17, 15) is 0 Å². The van der Waals surface area contributed by atoms with Crippen molar-refractivity contribution < 1.29 is 22.4 Å². The van der Waals surface area contributed by atoms with E-state index in [1.807, 2.05) is 12.1 Å². The fourth-order valence-corrected chi connectivity index (χ4v) is 8.03. The SMILES string of the molecule is CC1(C)N2C=CN3Cc4cccc(c4)Oc4cccc(c4)CN4C=CN1[C]4=[Pt]=[C]32. The third kappa shape index (κ3) is 2.71. The molecule has 0 spiro atoms. The molecule has 4 aliphatic rings. The zero-order valence-electron chi connectivity index (χ0n) is 16.4. The Hall–Kier alpha value is -2.65. The first-order valence-electron chi connectivity index (χ1n) is 9.75. The summed E-state index contributed by atoms with van der Waals surface area (Å²) in [6, 6.07) is 16.9. The third-order valence-electron chi connectivity index (χ3n) is 5.66. The van der Waals surface area contributed by atoms with E-state index in [4.69, 9.17) is 4.74 Å². The summed E-state index contributed by atoms with van der Waals surface area (Å²) >= 11 is -0.334. The topological polar surface area (TPSA) is 22.2 Å². The Balaban J connectivity index is 1.54. The van der Waals surface area contributed by atoms with E-state index in [-0.39, 0.29) is 23.3 Å². The fourth-order valence-electron chi connectivity index (χ4n) is 4.10. The Morgan fingerprint density at radius 2 is 1.28 bits per heavy atom. The molecule has 29 heavy (non-hydrogen) atoms. The normalized spacial score (nSPS) is 21.2. The van der Waals surface area contributed by atoms with E-state index >= 15 is 0 Å². The van der Waals surface area contributed by atoms with Gasteiger partial charge in [-0.05, 0) is 0 Å². The Kier molecular flexibility index (Phi) is 3.67. The molecule has 0 aromatic heterocycles. The molecule has 6 rings (SSSR count). The van der Waals surface area contributed by atoms with E-state index in [0.717, 1.165) is 24.6 Å². The molecule has 150 valence electrons. The number of rotatable bonds is 0. The number of ether oxygens (including phenoxy) is 1. The minimum atomic E-state index is -0.334. The second kappa shape index (κ2) is 6.17. The maximum absolute atomic E-state index is 6.19. The van der Waals surface area contributed by atoms with Crippen LogP contribution in [-0.2, 0) is 30.7 Å². The van der Waals surface area contributed by atoms with Crippen LogP contribution in [0.4, 0.5) is 0 Å². The standard InChI is InChI=1S/C23H22N4O.Pt/c1-23(2)26-11-9-24(17-26)15-19-5-3-7-21(13-19)28-22-8-4-6-20(14-22)16-25-10-12-27(23)18-25;/h3-14H,15-16H2,1-2H3;. The predicted molar refractivity (Wildman–Crippen MR) is 110 cm³/mol. The molecule has 0 radical (unpaired) electrons. The molecule has 6 bridgehead atoms. The molecule has 4 aliphatic heterocycles.